The molecule has 0 radical (unpaired) electrons. The van der Waals surface area contributed by atoms with Gasteiger partial charge in [-0.2, -0.15) is 0 Å². The second-order valence-corrected chi connectivity index (χ2v) is 6.82. The summed E-state index contributed by atoms with van der Waals surface area (Å²) in [6.07, 6.45) is 5.23. The largest absolute Gasteiger partial charge is 0.368 e. The first kappa shape index (κ1) is 16.3. The van der Waals surface area contributed by atoms with Gasteiger partial charge in [-0.15, -0.1) is 5.10 Å². The number of nitrogens with two attached hydrogens (primary N) is 1. The van der Waals surface area contributed by atoms with Crippen LogP contribution in [0.25, 0.3) is 0 Å². The maximum absolute atomic E-state index is 12.2. The van der Waals surface area contributed by atoms with Gasteiger partial charge in [0.15, 0.2) is 5.82 Å². The van der Waals surface area contributed by atoms with Crippen LogP contribution in [0.5, 0.6) is 0 Å². The highest BCUT2D eigenvalue weighted by Gasteiger charge is 2.44. The molecule has 128 valence electrons. The second-order valence-electron chi connectivity index (χ2n) is 6.82. The highest BCUT2D eigenvalue weighted by Crippen LogP contribution is 2.34. The normalized spacial score (nSPS) is 24.4. The lowest BCUT2D eigenvalue weighted by atomic mass is 9.79. The van der Waals surface area contributed by atoms with Crippen LogP contribution in [-0.2, 0) is 11.8 Å². The number of nitrogens with zero attached hydrogens (tertiary/aromatic N) is 6. The zero-order valence-corrected chi connectivity index (χ0v) is 14.1. The van der Waals surface area contributed by atoms with Gasteiger partial charge in [0.05, 0.1) is 6.04 Å². The number of amides is 1. The van der Waals surface area contributed by atoms with Gasteiger partial charge in [-0.05, 0) is 30.2 Å². The van der Waals surface area contributed by atoms with Crippen LogP contribution in [0.3, 0.4) is 0 Å². The Bertz CT molecular complexity index is 544. The van der Waals surface area contributed by atoms with E-state index in [1.807, 2.05) is 7.05 Å². The van der Waals surface area contributed by atoms with E-state index in [-0.39, 0.29) is 11.9 Å². The summed E-state index contributed by atoms with van der Waals surface area (Å²) in [5.74, 6) is 0.733. The average molecular weight is 321 g/mol. The second kappa shape index (κ2) is 6.52. The lowest BCUT2D eigenvalue weighted by Crippen LogP contribution is -2.63. The van der Waals surface area contributed by atoms with Gasteiger partial charge in [-0.25, -0.2) is 4.68 Å². The van der Waals surface area contributed by atoms with Crippen molar-refractivity contribution in [2.75, 3.05) is 26.2 Å². The van der Waals surface area contributed by atoms with Crippen LogP contribution in [-0.4, -0.2) is 67.6 Å². The fraction of sp³-hybridized carbons (Fsp3) is 0.867. The molecule has 2 aliphatic rings. The van der Waals surface area contributed by atoms with Crippen molar-refractivity contribution in [3.05, 3.63) is 5.82 Å². The molecule has 1 atom stereocenters. The number of hydrogen-bond donors (Lipinski definition) is 1. The van der Waals surface area contributed by atoms with Crippen LogP contribution < -0.4 is 5.73 Å². The summed E-state index contributed by atoms with van der Waals surface area (Å²) in [7, 11) is 1.87. The van der Waals surface area contributed by atoms with Crippen molar-refractivity contribution in [3.63, 3.8) is 0 Å². The fourth-order valence-electron chi connectivity index (χ4n) is 4.15. The van der Waals surface area contributed by atoms with Gasteiger partial charge in [0, 0.05) is 33.2 Å². The molecule has 0 bridgehead atoms. The summed E-state index contributed by atoms with van der Waals surface area (Å²) in [4.78, 5) is 16.9. The Labute approximate surface area is 137 Å². The predicted octanol–water partition coefficient (Wildman–Crippen LogP) is 0.0769. The Hall–Kier alpha value is -1.54. The number of carbonyl (C=O) groups is 1. The van der Waals surface area contributed by atoms with E-state index >= 15 is 0 Å². The lowest BCUT2D eigenvalue weighted by molar-refractivity contribution is -0.134. The van der Waals surface area contributed by atoms with Gasteiger partial charge in [0.2, 0.25) is 5.91 Å². The number of aryl methyl sites for hydroxylation is 1. The first-order valence-electron chi connectivity index (χ1n) is 8.56. The maximum Gasteiger partial charge on any atom is 0.237 e. The number of primary amides is 1. The Balaban J connectivity index is 1.65. The third-order valence-electron chi connectivity index (χ3n) is 5.63. The topological polar surface area (TPSA) is 93.2 Å². The highest BCUT2D eigenvalue weighted by atomic mass is 16.1. The minimum atomic E-state index is -0.417. The van der Waals surface area contributed by atoms with E-state index < -0.39 is 5.54 Å². The molecule has 1 aliphatic carbocycles. The third-order valence-corrected chi connectivity index (χ3v) is 5.63. The van der Waals surface area contributed by atoms with E-state index in [2.05, 4.69) is 32.2 Å². The highest BCUT2D eigenvalue weighted by molar-refractivity contribution is 5.84. The number of piperazine rings is 1. The Morgan fingerprint density at radius 2 is 1.83 bits per heavy atom. The molecule has 2 heterocycles. The standard InChI is InChI=1S/C15H27N7O/c1-12(13-17-18-19-20(13)2)21-8-10-22(11-9-21)15(14(16)23)6-4-3-5-7-15/h12H,3-11H2,1-2H3,(H2,16,23). The summed E-state index contributed by atoms with van der Waals surface area (Å²) in [6.45, 7) is 5.69. The zero-order chi connectivity index (χ0) is 16.4. The van der Waals surface area contributed by atoms with Gasteiger partial charge in [0.1, 0.15) is 5.54 Å². The summed E-state index contributed by atoms with van der Waals surface area (Å²) < 4.78 is 1.73. The van der Waals surface area contributed by atoms with E-state index in [1.54, 1.807) is 4.68 Å². The molecule has 1 saturated heterocycles. The van der Waals surface area contributed by atoms with Gasteiger partial charge >= 0.3 is 0 Å². The van der Waals surface area contributed by atoms with E-state index in [1.165, 1.54) is 6.42 Å². The van der Waals surface area contributed by atoms with E-state index in [0.717, 1.165) is 57.7 Å². The Morgan fingerprint density at radius 3 is 2.35 bits per heavy atom. The van der Waals surface area contributed by atoms with E-state index in [0.29, 0.717) is 0 Å². The predicted molar refractivity (Wildman–Crippen MR) is 85.4 cm³/mol. The average Bonchev–Trinajstić information content (AvgIpc) is 3.01. The quantitative estimate of drug-likeness (QED) is 0.844. The van der Waals surface area contributed by atoms with Crippen molar-refractivity contribution in [3.8, 4) is 0 Å². The van der Waals surface area contributed by atoms with Crippen LogP contribution in [0, 0.1) is 0 Å². The number of carbonyl (C=O) groups excluding carboxylic acids is 1. The molecule has 0 spiro atoms. The van der Waals surface area contributed by atoms with Crippen molar-refractivity contribution >= 4 is 5.91 Å². The van der Waals surface area contributed by atoms with Crippen LogP contribution in [0.15, 0.2) is 0 Å². The molecular formula is C15H27N7O. The molecule has 8 nitrogen and oxygen atoms in total. The number of rotatable bonds is 4. The third kappa shape index (κ3) is 2.97. The molecule has 2 N–H and O–H groups in total. The van der Waals surface area contributed by atoms with Crippen LogP contribution in [0.1, 0.15) is 50.9 Å². The summed E-state index contributed by atoms with van der Waals surface area (Å²) in [6, 6.07) is 0.174. The number of aromatic nitrogens is 4. The molecule has 8 heteroatoms. The van der Waals surface area contributed by atoms with Gasteiger partial charge < -0.3 is 5.73 Å². The van der Waals surface area contributed by atoms with Gasteiger partial charge in [-0.3, -0.25) is 14.6 Å². The number of hydrogen-bond acceptors (Lipinski definition) is 6. The first-order chi connectivity index (χ1) is 11.0. The monoisotopic (exact) mass is 321 g/mol. The van der Waals surface area contributed by atoms with Crippen LogP contribution >= 0.6 is 0 Å². The van der Waals surface area contributed by atoms with Gasteiger partial charge in [0.25, 0.3) is 0 Å². The van der Waals surface area contributed by atoms with Crippen molar-refractivity contribution in [1.82, 2.24) is 30.0 Å². The zero-order valence-electron chi connectivity index (χ0n) is 14.1. The van der Waals surface area contributed by atoms with Gasteiger partial charge in [-0.1, -0.05) is 19.3 Å². The molecule has 0 aromatic carbocycles. The van der Waals surface area contributed by atoms with E-state index in [9.17, 15) is 4.79 Å². The summed E-state index contributed by atoms with van der Waals surface area (Å²) in [5.41, 5.74) is 5.38. The lowest BCUT2D eigenvalue weighted by Gasteiger charge is -2.48. The molecule has 2 fully saturated rings. The minimum absolute atomic E-state index is 0.142. The molecule has 1 amide bonds. The van der Waals surface area contributed by atoms with Crippen molar-refractivity contribution in [2.45, 2.75) is 50.6 Å². The smallest absolute Gasteiger partial charge is 0.237 e. The Kier molecular flexibility index (Phi) is 4.63. The van der Waals surface area contributed by atoms with Crippen molar-refractivity contribution in [1.29, 1.82) is 0 Å². The molecule has 1 aromatic rings. The number of tetrazole rings is 1. The fourth-order valence-corrected chi connectivity index (χ4v) is 4.15. The maximum atomic E-state index is 12.2. The molecule has 23 heavy (non-hydrogen) atoms. The van der Waals surface area contributed by atoms with Crippen LogP contribution in [0.2, 0.25) is 0 Å². The van der Waals surface area contributed by atoms with Crippen molar-refractivity contribution in [2.24, 2.45) is 12.8 Å². The van der Waals surface area contributed by atoms with Crippen LogP contribution in [0.4, 0.5) is 0 Å². The van der Waals surface area contributed by atoms with E-state index in [4.69, 9.17) is 5.73 Å². The van der Waals surface area contributed by atoms with Crippen molar-refractivity contribution < 1.29 is 4.79 Å². The molecule has 1 aliphatic heterocycles. The minimum Gasteiger partial charge on any atom is -0.368 e. The molecule has 1 saturated carbocycles. The summed E-state index contributed by atoms with van der Waals surface area (Å²) in [5, 5.41) is 11.8. The molecule has 1 unspecified atom stereocenters. The Morgan fingerprint density at radius 1 is 1.17 bits per heavy atom. The molecule has 1 aromatic heterocycles. The molecular weight excluding hydrogens is 294 g/mol. The SMILES string of the molecule is CC(c1nnnn1C)N1CCN(C2(C(N)=O)CCCCC2)CC1. The summed E-state index contributed by atoms with van der Waals surface area (Å²) >= 11 is 0. The first-order valence-corrected chi connectivity index (χ1v) is 8.56. The molecule has 3 rings (SSSR count).